The second-order valence-corrected chi connectivity index (χ2v) is 7.48. The van der Waals surface area contributed by atoms with E-state index in [-0.39, 0.29) is 24.3 Å². The Kier molecular flexibility index (Phi) is 10.5. The zero-order chi connectivity index (χ0) is 23.3. The van der Waals surface area contributed by atoms with Gasteiger partial charge >= 0.3 is 0 Å². The average Bonchev–Trinajstić information content (AvgIpc) is 2.78. The fourth-order valence-corrected chi connectivity index (χ4v) is 2.98. The summed E-state index contributed by atoms with van der Waals surface area (Å²) >= 11 is 6.17. The zero-order valence-corrected chi connectivity index (χ0v) is 19.1. The molecule has 172 valence electrons. The van der Waals surface area contributed by atoms with Crippen molar-refractivity contribution >= 4 is 46.4 Å². The lowest BCUT2D eigenvalue weighted by Gasteiger charge is -2.12. The molecule has 0 saturated carbocycles. The van der Waals surface area contributed by atoms with Crippen molar-refractivity contribution in [2.45, 2.75) is 26.2 Å². The molecule has 0 aliphatic heterocycles. The van der Waals surface area contributed by atoms with Crippen molar-refractivity contribution in [2.75, 3.05) is 42.8 Å². The summed E-state index contributed by atoms with van der Waals surface area (Å²) in [5.41, 5.74) is 2.08. The molecule has 0 fully saturated rings. The molecule has 4 N–H and O–H groups in total. The van der Waals surface area contributed by atoms with Crippen molar-refractivity contribution in [2.24, 2.45) is 0 Å². The standard InChI is InChI=1S/C23H29ClN4O4/c1-3-6-21(29)27-18-9-10-19(24)20(14-18)28-22(30)15-26-17-8-4-7-16(13-17)23(31)25-11-5-12-32-2/h4,7-10,13-14,26H,3,5-6,11-12,15H2,1-2H3,(H,25,31)(H,27,29)(H,28,30). The lowest BCUT2D eigenvalue weighted by molar-refractivity contribution is -0.116. The van der Waals surface area contributed by atoms with E-state index in [0.29, 0.717) is 47.2 Å². The van der Waals surface area contributed by atoms with Crippen LogP contribution in [0.1, 0.15) is 36.5 Å². The molecule has 0 unspecified atom stereocenters. The Morgan fingerprint density at radius 3 is 2.56 bits per heavy atom. The molecule has 0 heterocycles. The lowest BCUT2D eigenvalue weighted by atomic mass is 10.2. The van der Waals surface area contributed by atoms with E-state index in [1.165, 1.54) is 0 Å². The Labute approximate surface area is 193 Å². The summed E-state index contributed by atoms with van der Waals surface area (Å²) in [6.45, 7) is 2.99. The summed E-state index contributed by atoms with van der Waals surface area (Å²) in [5.74, 6) is -0.613. The van der Waals surface area contributed by atoms with Crippen molar-refractivity contribution in [1.82, 2.24) is 5.32 Å². The molecule has 3 amide bonds. The molecule has 9 heteroatoms. The van der Waals surface area contributed by atoms with Crippen LogP contribution in [0.3, 0.4) is 0 Å². The van der Waals surface area contributed by atoms with Crippen molar-refractivity contribution in [1.29, 1.82) is 0 Å². The van der Waals surface area contributed by atoms with Gasteiger partial charge in [-0.2, -0.15) is 0 Å². The third-order valence-corrected chi connectivity index (χ3v) is 4.72. The van der Waals surface area contributed by atoms with Gasteiger partial charge in [-0.05, 0) is 49.2 Å². The number of rotatable bonds is 12. The molecular formula is C23H29ClN4O4. The molecule has 0 aliphatic carbocycles. The normalized spacial score (nSPS) is 10.3. The molecule has 0 spiro atoms. The molecule has 2 aromatic carbocycles. The molecule has 32 heavy (non-hydrogen) atoms. The Balaban J connectivity index is 1.90. The Bertz CT molecular complexity index is 936. The molecule has 2 rings (SSSR count). The van der Waals surface area contributed by atoms with Crippen LogP contribution in [0, 0.1) is 0 Å². The molecule has 0 saturated heterocycles. The van der Waals surface area contributed by atoms with E-state index in [0.717, 1.165) is 12.8 Å². The van der Waals surface area contributed by atoms with Crippen LogP contribution in [0.4, 0.5) is 17.1 Å². The van der Waals surface area contributed by atoms with Crippen LogP contribution < -0.4 is 21.3 Å². The highest BCUT2D eigenvalue weighted by molar-refractivity contribution is 6.33. The largest absolute Gasteiger partial charge is 0.385 e. The van der Waals surface area contributed by atoms with Gasteiger partial charge in [0.1, 0.15) is 0 Å². The summed E-state index contributed by atoms with van der Waals surface area (Å²) in [5, 5.41) is 11.7. The fraction of sp³-hybridized carbons (Fsp3) is 0.348. The smallest absolute Gasteiger partial charge is 0.251 e. The van der Waals surface area contributed by atoms with Gasteiger partial charge < -0.3 is 26.0 Å². The van der Waals surface area contributed by atoms with Crippen LogP contribution in [0.2, 0.25) is 5.02 Å². The van der Waals surface area contributed by atoms with Gasteiger partial charge in [0.15, 0.2) is 0 Å². The molecule has 0 bridgehead atoms. The van der Waals surface area contributed by atoms with Crippen molar-refractivity contribution in [3.63, 3.8) is 0 Å². The molecule has 8 nitrogen and oxygen atoms in total. The number of hydrogen-bond acceptors (Lipinski definition) is 5. The van der Waals surface area contributed by atoms with Crippen molar-refractivity contribution < 1.29 is 19.1 Å². The summed E-state index contributed by atoms with van der Waals surface area (Å²) in [6, 6.07) is 11.8. The van der Waals surface area contributed by atoms with Crippen LogP contribution in [-0.4, -0.2) is 44.5 Å². The predicted molar refractivity (Wildman–Crippen MR) is 127 cm³/mol. The quantitative estimate of drug-likeness (QED) is 0.359. The predicted octanol–water partition coefficient (Wildman–Crippen LogP) is 3.90. The second-order valence-electron chi connectivity index (χ2n) is 7.08. The SMILES string of the molecule is CCCC(=O)Nc1ccc(Cl)c(NC(=O)CNc2cccc(C(=O)NCCCOC)c2)c1. The number of hydrogen-bond donors (Lipinski definition) is 4. The number of carbonyl (C=O) groups excluding carboxylic acids is 3. The first-order valence-electron chi connectivity index (χ1n) is 10.4. The molecular weight excluding hydrogens is 432 g/mol. The number of methoxy groups -OCH3 is 1. The maximum atomic E-state index is 12.4. The van der Waals surface area contributed by atoms with E-state index in [1.54, 1.807) is 49.6 Å². The summed E-state index contributed by atoms with van der Waals surface area (Å²) in [7, 11) is 1.61. The van der Waals surface area contributed by atoms with Gasteiger partial charge in [-0.15, -0.1) is 0 Å². The molecule has 0 aromatic heterocycles. The minimum Gasteiger partial charge on any atom is -0.385 e. The van der Waals surface area contributed by atoms with Crippen LogP contribution in [0.15, 0.2) is 42.5 Å². The van der Waals surface area contributed by atoms with Gasteiger partial charge in [-0.1, -0.05) is 24.6 Å². The maximum Gasteiger partial charge on any atom is 0.251 e. The van der Waals surface area contributed by atoms with Crippen LogP contribution in [-0.2, 0) is 14.3 Å². The number of nitrogens with one attached hydrogen (secondary N) is 4. The average molecular weight is 461 g/mol. The van der Waals surface area contributed by atoms with E-state index in [4.69, 9.17) is 16.3 Å². The topological polar surface area (TPSA) is 109 Å². The zero-order valence-electron chi connectivity index (χ0n) is 18.3. The number of benzene rings is 2. The number of halogens is 1. The first-order valence-corrected chi connectivity index (χ1v) is 10.8. The third-order valence-electron chi connectivity index (χ3n) is 4.39. The van der Waals surface area contributed by atoms with Gasteiger partial charge in [0.05, 0.1) is 17.3 Å². The lowest BCUT2D eigenvalue weighted by Crippen LogP contribution is -2.25. The number of anilines is 3. The maximum absolute atomic E-state index is 12.4. The van der Waals surface area contributed by atoms with Crippen molar-refractivity contribution in [3.8, 4) is 0 Å². The Morgan fingerprint density at radius 1 is 1.00 bits per heavy atom. The summed E-state index contributed by atoms with van der Waals surface area (Å²) in [6.07, 6.45) is 1.89. The number of amides is 3. The monoisotopic (exact) mass is 460 g/mol. The van der Waals surface area contributed by atoms with E-state index >= 15 is 0 Å². The van der Waals surface area contributed by atoms with Gasteiger partial charge in [-0.25, -0.2) is 0 Å². The Morgan fingerprint density at radius 2 is 1.81 bits per heavy atom. The number of ether oxygens (including phenoxy) is 1. The first-order chi connectivity index (χ1) is 15.4. The highest BCUT2D eigenvalue weighted by atomic mass is 35.5. The molecule has 0 aliphatic rings. The van der Waals surface area contributed by atoms with E-state index in [2.05, 4.69) is 21.3 Å². The highest BCUT2D eigenvalue weighted by Gasteiger charge is 2.10. The summed E-state index contributed by atoms with van der Waals surface area (Å²) in [4.78, 5) is 36.4. The highest BCUT2D eigenvalue weighted by Crippen LogP contribution is 2.25. The van der Waals surface area contributed by atoms with E-state index < -0.39 is 0 Å². The fourth-order valence-electron chi connectivity index (χ4n) is 2.82. The summed E-state index contributed by atoms with van der Waals surface area (Å²) < 4.78 is 4.96. The number of carbonyl (C=O) groups is 3. The Hall–Kier alpha value is -3.10. The van der Waals surface area contributed by atoms with Gasteiger partial charge in [0.25, 0.3) is 5.91 Å². The van der Waals surface area contributed by atoms with Crippen LogP contribution in [0.5, 0.6) is 0 Å². The van der Waals surface area contributed by atoms with Gasteiger partial charge in [0, 0.05) is 43.6 Å². The van der Waals surface area contributed by atoms with Crippen LogP contribution >= 0.6 is 11.6 Å². The minimum atomic E-state index is -0.321. The van der Waals surface area contributed by atoms with Crippen molar-refractivity contribution in [3.05, 3.63) is 53.1 Å². The molecule has 0 atom stereocenters. The minimum absolute atomic E-state index is 0.0261. The molecule has 2 aromatic rings. The van der Waals surface area contributed by atoms with Crippen LogP contribution in [0.25, 0.3) is 0 Å². The first kappa shape index (κ1) is 25.2. The van der Waals surface area contributed by atoms with E-state index in [1.807, 2.05) is 6.92 Å². The second kappa shape index (κ2) is 13.3. The van der Waals surface area contributed by atoms with Gasteiger partial charge in [0.2, 0.25) is 11.8 Å². The molecule has 0 radical (unpaired) electrons. The third kappa shape index (κ3) is 8.56. The van der Waals surface area contributed by atoms with E-state index in [9.17, 15) is 14.4 Å². The van der Waals surface area contributed by atoms with Gasteiger partial charge in [-0.3, -0.25) is 14.4 Å².